The van der Waals surface area contributed by atoms with Gasteiger partial charge in [-0.1, -0.05) is 47.7 Å². The summed E-state index contributed by atoms with van der Waals surface area (Å²) in [4.78, 5) is 12.3. The smallest absolute Gasteiger partial charge is 0.255 e. The number of fused-ring (bicyclic) bond motifs is 1. The average Bonchev–Trinajstić information content (AvgIpc) is 2.89. The highest BCUT2D eigenvalue weighted by Gasteiger charge is 2.22. The van der Waals surface area contributed by atoms with Crippen molar-refractivity contribution in [3.63, 3.8) is 0 Å². The first-order valence-electron chi connectivity index (χ1n) is 7.43. The first-order valence-corrected chi connectivity index (χ1v) is 8.34. The molecular formula is C16H20BrNO2. The van der Waals surface area contributed by atoms with Crippen molar-refractivity contribution in [2.75, 3.05) is 13.2 Å². The minimum Gasteiger partial charge on any atom is -0.491 e. The van der Waals surface area contributed by atoms with E-state index in [0.717, 1.165) is 12.3 Å². The van der Waals surface area contributed by atoms with E-state index in [9.17, 15) is 4.79 Å². The predicted octanol–water partition coefficient (Wildman–Crippen LogP) is 3.83. The molecule has 1 atom stereocenters. The second-order valence-electron chi connectivity index (χ2n) is 5.71. The molecule has 1 aliphatic carbocycles. The first kappa shape index (κ1) is 13.9. The molecular weight excluding hydrogens is 318 g/mol. The monoisotopic (exact) mass is 337 g/mol. The van der Waals surface area contributed by atoms with Crippen LogP contribution in [0.2, 0.25) is 0 Å². The molecule has 1 aromatic carbocycles. The van der Waals surface area contributed by atoms with Crippen LogP contribution in [0.25, 0.3) is 0 Å². The Morgan fingerprint density at radius 2 is 2.15 bits per heavy atom. The Morgan fingerprint density at radius 3 is 2.95 bits per heavy atom. The third kappa shape index (κ3) is 3.00. The number of alkyl halides is 1. The standard InChI is InChI=1S/C16H20BrNO2/c17-14(9-11-3-1-2-4-11)12-5-6-15-13(10-12)16(19)18-7-8-20-15/h5-6,10-11,14H,1-4,7-9H2,(H,18,19). The van der Waals surface area contributed by atoms with Gasteiger partial charge < -0.3 is 10.1 Å². The summed E-state index contributed by atoms with van der Waals surface area (Å²) in [5.74, 6) is 1.49. The van der Waals surface area contributed by atoms with Crippen LogP contribution in [0.15, 0.2) is 18.2 Å². The van der Waals surface area contributed by atoms with Gasteiger partial charge in [-0.05, 0) is 30.0 Å². The summed E-state index contributed by atoms with van der Waals surface area (Å²) in [6.45, 7) is 1.11. The van der Waals surface area contributed by atoms with E-state index in [1.807, 2.05) is 12.1 Å². The van der Waals surface area contributed by atoms with Gasteiger partial charge in [0.25, 0.3) is 5.91 Å². The first-order chi connectivity index (χ1) is 9.74. The van der Waals surface area contributed by atoms with Crippen molar-refractivity contribution in [1.29, 1.82) is 0 Å². The highest BCUT2D eigenvalue weighted by atomic mass is 79.9. The quantitative estimate of drug-likeness (QED) is 0.851. The van der Waals surface area contributed by atoms with E-state index >= 15 is 0 Å². The molecule has 1 unspecified atom stereocenters. The lowest BCUT2D eigenvalue weighted by atomic mass is 9.97. The molecule has 0 saturated heterocycles. The molecule has 3 nitrogen and oxygen atoms in total. The van der Waals surface area contributed by atoms with Crippen molar-refractivity contribution < 1.29 is 9.53 Å². The second-order valence-corrected chi connectivity index (χ2v) is 6.82. The fourth-order valence-electron chi connectivity index (χ4n) is 3.14. The van der Waals surface area contributed by atoms with Crippen LogP contribution in [0.4, 0.5) is 0 Å². The van der Waals surface area contributed by atoms with E-state index < -0.39 is 0 Å². The maximum Gasteiger partial charge on any atom is 0.255 e. The third-order valence-corrected chi connectivity index (χ3v) is 5.17. The Morgan fingerprint density at radius 1 is 1.35 bits per heavy atom. The number of amides is 1. The molecule has 1 amide bonds. The highest BCUT2D eigenvalue weighted by Crippen LogP contribution is 2.38. The number of carbonyl (C=O) groups is 1. The zero-order valence-electron chi connectivity index (χ0n) is 11.5. The van der Waals surface area contributed by atoms with Crippen LogP contribution >= 0.6 is 15.9 Å². The molecule has 0 bridgehead atoms. The Balaban J connectivity index is 1.78. The molecule has 1 saturated carbocycles. The van der Waals surface area contributed by atoms with Gasteiger partial charge in [-0.3, -0.25) is 4.79 Å². The number of hydrogen-bond donors (Lipinski definition) is 1. The molecule has 1 N–H and O–H groups in total. The topological polar surface area (TPSA) is 38.3 Å². The molecule has 3 rings (SSSR count). The van der Waals surface area contributed by atoms with E-state index in [2.05, 4.69) is 27.3 Å². The van der Waals surface area contributed by atoms with E-state index in [1.54, 1.807) is 0 Å². The number of halogens is 1. The number of carbonyl (C=O) groups excluding carboxylic acids is 1. The maximum atomic E-state index is 12.0. The van der Waals surface area contributed by atoms with Crippen LogP contribution in [-0.2, 0) is 0 Å². The van der Waals surface area contributed by atoms with Gasteiger partial charge in [0.2, 0.25) is 0 Å². The molecule has 20 heavy (non-hydrogen) atoms. The van der Waals surface area contributed by atoms with Crippen molar-refractivity contribution in [3.8, 4) is 5.75 Å². The number of ether oxygens (including phenoxy) is 1. The summed E-state index contributed by atoms with van der Waals surface area (Å²) in [5.41, 5.74) is 1.84. The fraction of sp³-hybridized carbons (Fsp3) is 0.562. The molecule has 1 heterocycles. The van der Waals surface area contributed by atoms with Crippen molar-refractivity contribution in [3.05, 3.63) is 29.3 Å². The lowest BCUT2D eigenvalue weighted by molar-refractivity contribution is 0.0957. The Hall–Kier alpha value is -1.03. The van der Waals surface area contributed by atoms with Crippen LogP contribution in [0.3, 0.4) is 0 Å². The number of rotatable bonds is 3. The van der Waals surface area contributed by atoms with Crippen molar-refractivity contribution >= 4 is 21.8 Å². The van der Waals surface area contributed by atoms with Crippen LogP contribution in [-0.4, -0.2) is 19.1 Å². The number of nitrogens with one attached hydrogen (secondary N) is 1. The predicted molar refractivity (Wildman–Crippen MR) is 82.5 cm³/mol. The van der Waals surface area contributed by atoms with E-state index in [4.69, 9.17) is 4.74 Å². The molecule has 1 aliphatic heterocycles. The van der Waals surface area contributed by atoms with E-state index in [0.29, 0.717) is 29.3 Å². The van der Waals surface area contributed by atoms with Gasteiger partial charge in [0, 0.05) is 4.83 Å². The minimum absolute atomic E-state index is 0.0279. The summed E-state index contributed by atoms with van der Waals surface area (Å²) in [6, 6.07) is 5.98. The number of benzene rings is 1. The lowest BCUT2D eigenvalue weighted by Gasteiger charge is -2.16. The van der Waals surface area contributed by atoms with Gasteiger partial charge in [-0.2, -0.15) is 0 Å². The normalized spacial score (nSPS) is 20.8. The Labute approximate surface area is 128 Å². The SMILES string of the molecule is O=C1NCCOc2ccc(C(Br)CC3CCCC3)cc21. The van der Waals surface area contributed by atoms with E-state index in [-0.39, 0.29) is 5.91 Å². The second kappa shape index (κ2) is 6.17. The van der Waals surface area contributed by atoms with Crippen molar-refractivity contribution in [2.24, 2.45) is 5.92 Å². The summed E-state index contributed by atoms with van der Waals surface area (Å²) in [6.07, 6.45) is 6.57. The molecule has 108 valence electrons. The van der Waals surface area contributed by atoms with Crippen LogP contribution in [0, 0.1) is 5.92 Å². The summed E-state index contributed by atoms with van der Waals surface area (Å²) >= 11 is 3.79. The van der Waals surface area contributed by atoms with Crippen molar-refractivity contribution in [2.45, 2.75) is 36.9 Å². The molecule has 0 aromatic heterocycles. The molecule has 1 fully saturated rings. The summed E-state index contributed by atoms with van der Waals surface area (Å²) < 4.78 is 5.59. The molecule has 0 radical (unpaired) electrons. The zero-order valence-corrected chi connectivity index (χ0v) is 13.1. The third-order valence-electron chi connectivity index (χ3n) is 4.27. The average molecular weight is 338 g/mol. The fourth-order valence-corrected chi connectivity index (χ4v) is 3.95. The van der Waals surface area contributed by atoms with Gasteiger partial charge in [0.05, 0.1) is 12.1 Å². The summed E-state index contributed by atoms with van der Waals surface area (Å²) in [5, 5.41) is 2.86. The highest BCUT2D eigenvalue weighted by molar-refractivity contribution is 9.09. The maximum absolute atomic E-state index is 12.0. The van der Waals surface area contributed by atoms with Gasteiger partial charge in [-0.25, -0.2) is 0 Å². The molecule has 1 aromatic rings. The van der Waals surface area contributed by atoms with Crippen LogP contribution in [0.1, 0.15) is 52.9 Å². The van der Waals surface area contributed by atoms with Gasteiger partial charge >= 0.3 is 0 Å². The number of hydrogen-bond acceptors (Lipinski definition) is 2. The minimum atomic E-state index is -0.0279. The van der Waals surface area contributed by atoms with Crippen LogP contribution in [0.5, 0.6) is 5.75 Å². The summed E-state index contributed by atoms with van der Waals surface area (Å²) in [7, 11) is 0. The lowest BCUT2D eigenvalue weighted by Crippen LogP contribution is -2.24. The van der Waals surface area contributed by atoms with E-state index in [1.165, 1.54) is 31.2 Å². The largest absolute Gasteiger partial charge is 0.491 e. The van der Waals surface area contributed by atoms with Crippen molar-refractivity contribution in [1.82, 2.24) is 5.32 Å². The van der Waals surface area contributed by atoms with Gasteiger partial charge in [-0.15, -0.1) is 0 Å². The molecule has 4 heteroatoms. The van der Waals surface area contributed by atoms with Gasteiger partial charge in [0.1, 0.15) is 12.4 Å². The molecule has 2 aliphatic rings. The Kier molecular flexibility index (Phi) is 4.29. The zero-order chi connectivity index (χ0) is 13.9. The Bertz CT molecular complexity index is 497. The van der Waals surface area contributed by atoms with Gasteiger partial charge in [0.15, 0.2) is 0 Å². The van der Waals surface area contributed by atoms with Crippen LogP contribution < -0.4 is 10.1 Å². The molecule has 0 spiro atoms.